The molecule has 1 aromatic heterocycles. The molecule has 22 heavy (non-hydrogen) atoms. The summed E-state index contributed by atoms with van der Waals surface area (Å²) in [6.07, 6.45) is 0. The summed E-state index contributed by atoms with van der Waals surface area (Å²) in [5.74, 6) is 0.665. The van der Waals surface area contributed by atoms with Gasteiger partial charge in [-0.15, -0.1) is 0 Å². The first-order chi connectivity index (χ1) is 10.7. The maximum absolute atomic E-state index is 10.4. The number of ether oxygens (including phenoxy) is 1. The lowest BCUT2D eigenvalue weighted by atomic mass is 10.2. The molecule has 0 fully saturated rings. The third-order valence-electron chi connectivity index (χ3n) is 3.05. The van der Waals surface area contributed by atoms with Gasteiger partial charge in [0.25, 0.3) is 6.47 Å². The van der Waals surface area contributed by atoms with Crippen LogP contribution in [-0.4, -0.2) is 17.4 Å². The fraction of sp³-hybridized carbons (Fsp3) is 0. The lowest BCUT2D eigenvalue weighted by Crippen LogP contribution is -2.11. The predicted molar refractivity (Wildman–Crippen MR) is 81.4 cm³/mol. The first-order valence-corrected chi connectivity index (χ1v) is 6.44. The number of aromatic hydroxyl groups is 1. The molecule has 0 unspecified atom stereocenters. The Labute approximate surface area is 125 Å². The molecule has 0 amide bonds. The first kappa shape index (κ1) is 13.7. The predicted octanol–water partition coefficient (Wildman–Crippen LogP) is 2.71. The van der Waals surface area contributed by atoms with Gasteiger partial charge in [-0.3, -0.25) is 4.79 Å². The van der Waals surface area contributed by atoms with E-state index in [1.54, 1.807) is 6.07 Å². The van der Waals surface area contributed by atoms with Crippen LogP contribution in [0.3, 0.4) is 0 Å². The molecule has 0 saturated heterocycles. The summed E-state index contributed by atoms with van der Waals surface area (Å²) in [5.41, 5.74) is 6.79. The largest absolute Gasteiger partial charge is 0.506 e. The standard InChI is InChI=1S/C16H12N2O4/c17-16(15-7-10-3-1-2-4-14(10)22-15)18-12-8-11(21-9-19)5-6-13(12)20/h1-9,20H,(H2,17,18). The van der Waals surface area contributed by atoms with Crippen LogP contribution in [0, 0.1) is 0 Å². The average molecular weight is 296 g/mol. The SMILES string of the molecule is NC(=Nc1cc(OC=O)ccc1O)c1cc2ccccc2o1. The summed E-state index contributed by atoms with van der Waals surface area (Å²) in [4.78, 5) is 14.5. The van der Waals surface area contributed by atoms with E-state index in [9.17, 15) is 9.90 Å². The third-order valence-corrected chi connectivity index (χ3v) is 3.05. The highest BCUT2D eigenvalue weighted by Crippen LogP contribution is 2.31. The number of nitrogens with zero attached hydrogens (tertiary/aromatic N) is 1. The normalized spacial score (nSPS) is 11.5. The topological polar surface area (TPSA) is 98.1 Å². The molecule has 0 aliphatic carbocycles. The van der Waals surface area contributed by atoms with Gasteiger partial charge in [-0.05, 0) is 24.3 Å². The van der Waals surface area contributed by atoms with Gasteiger partial charge in [-0.25, -0.2) is 4.99 Å². The van der Waals surface area contributed by atoms with Crippen molar-refractivity contribution in [3.05, 3.63) is 54.3 Å². The van der Waals surface area contributed by atoms with Crippen LogP contribution in [-0.2, 0) is 4.79 Å². The molecule has 6 heteroatoms. The minimum absolute atomic E-state index is 0.0858. The second-order valence-electron chi connectivity index (χ2n) is 4.51. The highest BCUT2D eigenvalue weighted by molar-refractivity contribution is 6.00. The lowest BCUT2D eigenvalue weighted by molar-refractivity contribution is -0.120. The van der Waals surface area contributed by atoms with Gasteiger partial charge in [-0.2, -0.15) is 0 Å². The van der Waals surface area contributed by atoms with E-state index in [1.807, 2.05) is 24.3 Å². The van der Waals surface area contributed by atoms with Gasteiger partial charge < -0.3 is 20.0 Å². The molecule has 0 atom stereocenters. The van der Waals surface area contributed by atoms with Crippen molar-refractivity contribution in [1.82, 2.24) is 0 Å². The number of fused-ring (bicyclic) bond motifs is 1. The van der Waals surface area contributed by atoms with E-state index in [1.165, 1.54) is 18.2 Å². The number of para-hydroxylation sites is 1. The Balaban J connectivity index is 2.00. The van der Waals surface area contributed by atoms with Gasteiger partial charge in [0.1, 0.15) is 22.8 Å². The number of aliphatic imine (C=N–C) groups is 1. The van der Waals surface area contributed by atoms with Crippen molar-refractivity contribution in [2.24, 2.45) is 10.7 Å². The van der Waals surface area contributed by atoms with Crippen LogP contribution in [0.4, 0.5) is 5.69 Å². The highest BCUT2D eigenvalue weighted by atomic mass is 16.5. The Hall–Kier alpha value is -3.28. The zero-order chi connectivity index (χ0) is 15.5. The number of hydrogen-bond acceptors (Lipinski definition) is 5. The number of amidine groups is 1. The van der Waals surface area contributed by atoms with Crippen molar-refractivity contribution in [2.75, 3.05) is 0 Å². The number of benzene rings is 2. The Morgan fingerprint density at radius 3 is 2.82 bits per heavy atom. The zero-order valence-corrected chi connectivity index (χ0v) is 11.4. The molecular weight excluding hydrogens is 284 g/mol. The van der Waals surface area contributed by atoms with Crippen LogP contribution >= 0.6 is 0 Å². The monoisotopic (exact) mass is 296 g/mol. The van der Waals surface area contributed by atoms with Crippen LogP contribution in [0.15, 0.2) is 57.9 Å². The molecule has 0 spiro atoms. The van der Waals surface area contributed by atoms with Crippen LogP contribution in [0.2, 0.25) is 0 Å². The van der Waals surface area contributed by atoms with Gasteiger partial charge in [-0.1, -0.05) is 18.2 Å². The maximum atomic E-state index is 10.4. The number of phenols is 1. The third kappa shape index (κ3) is 2.62. The molecule has 2 aromatic carbocycles. The minimum atomic E-state index is -0.0858. The van der Waals surface area contributed by atoms with E-state index in [0.717, 1.165) is 5.39 Å². The van der Waals surface area contributed by atoms with Crippen LogP contribution < -0.4 is 10.5 Å². The van der Waals surface area contributed by atoms with Gasteiger partial charge >= 0.3 is 0 Å². The summed E-state index contributed by atoms with van der Waals surface area (Å²) in [6, 6.07) is 13.4. The maximum Gasteiger partial charge on any atom is 0.298 e. The number of carbonyl (C=O) groups excluding carboxylic acids is 1. The van der Waals surface area contributed by atoms with Crippen LogP contribution in [0.1, 0.15) is 5.76 Å². The number of carbonyl (C=O) groups is 1. The number of phenolic OH excluding ortho intramolecular Hbond substituents is 1. The Morgan fingerprint density at radius 1 is 1.23 bits per heavy atom. The molecule has 0 aliphatic heterocycles. The molecule has 3 aromatic rings. The second-order valence-corrected chi connectivity index (χ2v) is 4.51. The van der Waals surface area contributed by atoms with E-state index < -0.39 is 0 Å². The average Bonchev–Trinajstić information content (AvgIpc) is 2.95. The zero-order valence-electron chi connectivity index (χ0n) is 11.4. The molecule has 110 valence electrons. The molecule has 0 saturated carbocycles. The number of furan rings is 1. The molecule has 0 aliphatic rings. The molecule has 1 heterocycles. The van der Waals surface area contributed by atoms with E-state index >= 15 is 0 Å². The van der Waals surface area contributed by atoms with Gasteiger partial charge in [0.2, 0.25) is 0 Å². The minimum Gasteiger partial charge on any atom is -0.506 e. The Kier molecular flexibility index (Phi) is 3.49. The first-order valence-electron chi connectivity index (χ1n) is 6.44. The van der Waals surface area contributed by atoms with Crippen molar-refractivity contribution >= 4 is 29.0 Å². The summed E-state index contributed by atoms with van der Waals surface area (Å²) >= 11 is 0. The molecule has 6 nitrogen and oxygen atoms in total. The van der Waals surface area contributed by atoms with Crippen molar-refractivity contribution in [1.29, 1.82) is 0 Å². The molecule has 0 bridgehead atoms. The molecule has 3 N–H and O–H groups in total. The Bertz CT molecular complexity index is 834. The van der Waals surface area contributed by atoms with Crippen LogP contribution in [0.5, 0.6) is 11.5 Å². The Morgan fingerprint density at radius 2 is 2.05 bits per heavy atom. The van der Waals surface area contributed by atoms with E-state index in [2.05, 4.69) is 4.99 Å². The quantitative estimate of drug-likeness (QED) is 0.438. The smallest absolute Gasteiger partial charge is 0.298 e. The summed E-state index contributed by atoms with van der Waals surface area (Å²) in [6.45, 7) is 0.294. The van der Waals surface area contributed by atoms with Crippen molar-refractivity contribution in [3.63, 3.8) is 0 Å². The summed E-state index contributed by atoms with van der Waals surface area (Å²) < 4.78 is 10.3. The molecule has 0 radical (unpaired) electrons. The second kappa shape index (κ2) is 5.61. The number of rotatable bonds is 4. The number of hydrogen-bond donors (Lipinski definition) is 2. The van der Waals surface area contributed by atoms with Crippen LogP contribution in [0.25, 0.3) is 11.0 Å². The van der Waals surface area contributed by atoms with Crippen molar-refractivity contribution in [3.8, 4) is 11.5 Å². The van der Waals surface area contributed by atoms with Gasteiger partial charge in [0.05, 0.1) is 0 Å². The van der Waals surface area contributed by atoms with Gasteiger partial charge in [0, 0.05) is 11.5 Å². The molecular formula is C16H12N2O4. The van der Waals surface area contributed by atoms with E-state index in [4.69, 9.17) is 14.9 Å². The highest BCUT2D eigenvalue weighted by Gasteiger charge is 2.09. The molecule has 3 rings (SSSR count). The van der Waals surface area contributed by atoms with Crippen molar-refractivity contribution in [2.45, 2.75) is 0 Å². The van der Waals surface area contributed by atoms with E-state index in [-0.39, 0.29) is 23.0 Å². The fourth-order valence-corrected chi connectivity index (χ4v) is 2.01. The van der Waals surface area contributed by atoms with Crippen molar-refractivity contribution < 1.29 is 19.1 Å². The van der Waals surface area contributed by atoms with Gasteiger partial charge in [0.15, 0.2) is 11.6 Å². The van der Waals surface area contributed by atoms with E-state index in [0.29, 0.717) is 17.8 Å². The fourth-order valence-electron chi connectivity index (χ4n) is 2.01. The summed E-state index contributed by atoms with van der Waals surface area (Å²) in [5, 5.41) is 10.7. The summed E-state index contributed by atoms with van der Waals surface area (Å²) in [7, 11) is 0. The number of nitrogens with two attached hydrogens (primary N) is 1. The lowest BCUT2D eigenvalue weighted by Gasteiger charge is -2.03.